The Bertz CT molecular complexity index is 313. The molecule has 1 aromatic rings. The molecule has 1 atom stereocenters. The monoisotopic (exact) mass is 204 g/mol. The zero-order valence-electron chi connectivity index (χ0n) is 8.73. The van der Waals surface area contributed by atoms with Crippen LogP contribution in [0.5, 0.6) is 0 Å². The van der Waals surface area contributed by atoms with Gasteiger partial charge in [0, 0.05) is 13.1 Å². The van der Waals surface area contributed by atoms with E-state index in [1.54, 1.807) is 0 Å². The first-order valence-corrected chi connectivity index (χ1v) is 5.38. The van der Waals surface area contributed by atoms with Crippen molar-refractivity contribution in [3.05, 3.63) is 35.9 Å². The van der Waals surface area contributed by atoms with Crippen LogP contribution in [0.3, 0.4) is 0 Å². The van der Waals surface area contributed by atoms with Gasteiger partial charge in [-0.3, -0.25) is 9.69 Å². The van der Waals surface area contributed by atoms with Crippen molar-refractivity contribution in [3.8, 4) is 0 Å². The molecule has 1 amide bonds. The maximum atomic E-state index is 10.4. The highest BCUT2D eigenvalue weighted by Crippen LogP contribution is 2.17. The van der Waals surface area contributed by atoms with Gasteiger partial charge < -0.3 is 5.32 Å². The van der Waals surface area contributed by atoms with Gasteiger partial charge in [-0.15, -0.1) is 0 Å². The lowest BCUT2D eigenvalue weighted by atomic mass is 10.2. The largest absolute Gasteiger partial charge is 0.343 e. The lowest BCUT2D eigenvalue weighted by Gasteiger charge is -2.23. The van der Waals surface area contributed by atoms with E-state index in [2.05, 4.69) is 22.3 Å². The number of hydrogen-bond donors (Lipinski definition) is 1. The predicted octanol–water partition coefficient (Wildman–Crippen LogP) is 1.35. The second-order valence-corrected chi connectivity index (χ2v) is 3.90. The molecule has 3 heteroatoms. The summed E-state index contributed by atoms with van der Waals surface area (Å²) in [6.45, 7) is 1.99. The molecule has 1 N–H and O–H groups in total. The zero-order chi connectivity index (χ0) is 10.5. The molecule has 1 saturated heterocycles. The molecule has 0 aromatic heterocycles. The zero-order valence-corrected chi connectivity index (χ0v) is 8.73. The summed E-state index contributed by atoms with van der Waals surface area (Å²) in [4.78, 5) is 12.7. The van der Waals surface area contributed by atoms with Crippen molar-refractivity contribution in [2.24, 2.45) is 0 Å². The Hall–Kier alpha value is -1.35. The van der Waals surface area contributed by atoms with Crippen LogP contribution in [0.1, 0.15) is 18.4 Å². The minimum absolute atomic E-state index is 0.225. The first-order valence-electron chi connectivity index (χ1n) is 5.38. The Labute approximate surface area is 90.1 Å². The number of amides is 1. The number of carbonyl (C=O) groups is 1. The number of hydrogen-bond acceptors (Lipinski definition) is 2. The van der Waals surface area contributed by atoms with Crippen LogP contribution in [-0.2, 0) is 11.3 Å². The van der Waals surface area contributed by atoms with E-state index in [9.17, 15) is 4.79 Å². The van der Waals surface area contributed by atoms with Crippen LogP contribution >= 0.6 is 0 Å². The van der Waals surface area contributed by atoms with E-state index < -0.39 is 0 Å². The molecule has 80 valence electrons. The number of likely N-dealkylation sites (tertiary alicyclic amines) is 1. The summed E-state index contributed by atoms with van der Waals surface area (Å²) < 4.78 is 0. The third-order valence-corrected chi connectivity index (χ3v) is 2.85. The van der Waals surface area contributed by atoms with Gasteiger partial charge in [-0.1, -0.05) is 30.3 Å². The van der Waals surface area contributed by atoms with Crippen molar-refractivity contribution >= 4 is 6.41 Å². The molecule has 3 nitrogen and oxygen atoms in total. The molecule has 1 heterocycles. The summed E-state index contributed by atoms with van der Waals surface area (Å²) in [6, 6.07) is 10.4. The highest BCUT2D eigenvalue weighted by Gasteiger charge is 2.23. The van der Waals surface area contributed by atoms with Crippen LogP contribution < -0.4 is 5.32 Å². The van der Waals surface area contributed by atoms with Gasteiger partial charge in [0.1, 0.15) is 0 Å². The van der Waals surface area contributed by atoms with E-state index in [1.165, 1.54) is 12.0 Å². The summed E-state index contributed by atoms with van der Waals surface area (Å²) in [5.41, 5.74) is 1.30. The SMILES string of the molecule is O=CNC1CCCN1Cc1ccccc1. The van der Waals surface area contributed by atoms with Crippen LogP contribution in [0, 0.1) is 0 Å². The van der Waals surface area contributed by atoms with Crippen molar-refractivity contribution < 1.29 is 4.79 Å². The Balaban J connectivity index is 1.96. The van der Waals surface area contributed by atoms with E-state index in [1.807, 2.05) is 18.2 Å². The van der Waals surface area contributed by atoms with Crippen molar-refractivity contribution in [1.82, 2.24) is 10.2 Å². The standard InChI is InChI=1S/C12H16N2O/c15-10-13-12-7-4-8-14(12)9-11-5-2-1-3-6-11/h1-3,5-6,10,12H,4,7-9H2,(H,13,15). The maximum absolute atomic E-state index is 10.4. The van der Waals surface area contributed by atoms with Crippen molar-refractivity contribution in [2.75, 3.05) is 6.54 Å². The van der Waals surface area contributed by atoms with Gasteiger partial charge in [-0.05, 0) is 18.4 Å². The third kappa shape index (κ3) is 2.57. The molecular weight excluding hydrogens is 188 g/mol. The summed E-state index contributed by atoms with van der Waals surface area (Å²) in [7, 11) is 0. The van der Waals surface area contributed by atoms with Crippen LogP contribution in [0.2, 0.25) is 0 Å². The molecule has 1 aromatic carbocycles. The van der Waals surface area contributed by atoms with Gasteiger partial charge in [-0.25, -0.2) is 0 Å². The topological polar surface area (TPSA) is 32.3 Å². The highest BCUT2D eigenvalue weighted by atomic mass is 16.1. The van der Waals surface area contributed by atoms with Gasteiger partial charge in [0.2, 0.25) is 6.41 Å². The fourth-order valence-electron chi connectivity index (χ4n) is 2.10. The fraction of sp³-hybridized carbons (Fsp3) is 0.417. The molecular formula is C12H16N2O. The Morgan fingerprint density at radius 2 is 2.20 bits per heavy atom. The molecule has 0 spiro atoms. The van der Waals surface area contributed by atoms with Gasteiger partial charge >= 0.3 is 0 Å². The van der Waals surface area contributed by atoms with E-state index in [-0.39, 0.29) is 6.17 Å². The fourth-order valence-corrected chi connectivity index (χ4v) is 2.10. The van der Waals surface area contributed by atoms with E-state index in [4.69, 9.17) is 0 Å². The molecule has 15 heavy (non-hydrogen) atoms. The Morgan fingerprint density at radius 3 is 2.93 bits per heavy atom. The lowest BCUT2D eigenvalue weighted by molar-refractivity contribution is -0.111. The molecule has 0 aliphatic carbocycles. The van der Waals surface area contributed by atoms with Gasteiger partial charge in [0.15, 0.2) is 0 Å². The molecule has 0 bridgehead atoms. The second kappa shape index (κ2) is 4.94. The van der Waals surface area contributed by atoms with E-state index in [0.717, 1.165) is 25.9 Å². The third-order valence-electron chi connectivity index (χ3n) is 2.85. The van der Waals surface area contributed by atoms with Crippen LogP contribution in [-0.4, -0.2) is 24.0 Å². The lowest BCUT2D eigenvalue weighted by Crippen LogP contribution is -2.39. The van der Waals surface area contributed by atoms with Crippen LogP contribution in [0.15, 0.2) is 30.3 Å². The molecule has 2 rings (SSSR count). The summed E-state index contributed by atoms with van der Waals surface area (Å²) in [5, 5.41) is 2.86. The van der Waals surface area contributed by atoms with Crippen molar-refractivity contribution in [1.29, 1.82) is 0 Å². The van der Waals surface area contributed by atoms with E-state index >= 15 is 0 Å². The molecule has 1 unspecified atom stereocenters. The number of benzene rings is 1. The average Bonchev–Trinajstić information content (AvgIpc) is 2.68. The summed E-state index contributed by atoms with van der Waals surface area (Å²) >= 11 is 0. The predicted molar refractivity (Wildman–Crippen MR) is 59.1 cm³/mol. The first-order chi connectivity index (χ1) is 7.40. The van der Waals surface area contributed by atoms with Gasteiger partial charge in [-0.2, -0.15) is 0 Å². The number of carbonyl (C=O) groups excluding carboxylic acids is 1. The first kappa shape index (κ1) is 10.2. The normalized spacial score (nSPS) is 21.5. The number of nitrogens with zero attached hydrogens (tertiary/aromatic N) is 1. The van der Waals surface area contributed by atoms with Crippen LogP contribution in [0.4, 0.5) is 0 Å². The molecule has 0 radical (unpaired) electrons. The van der Waals surface area contributed by atoms with Crippen molar-refractivity contribution in [2.45, 2.75) is 25.6 Å². The van der Waals surface area contributed by atoms with Gasteiger partial charge in [0.05, 0.1) is 6.17 Å². The number of nitrogens with one attached hydrogen (secondary N) is 1. The molecule has 0 saturated carbocycles. The van der Waals surface area contributed by atoms with Crippen molar-refractivity contribution in [3.63, 3.8) is 0 Å². The summed E-state index contributed by atoms with van der Waals surface area (Å²) in [5.74, 6) is 0. The highest BCUT2D eigenvalue weighted by molar-refractivity contribution is 5.46. The summed E-state index contributed by atoms with van der Waals surface area (Å²) in [6.07, 6.45) is 3.25. The van der Waals surface area contributed by atoms with Gasteiger partial charge in [0.25, 0.3) is 0 Å². The minimum atomic E-state index is 0.225. The Kier molecular flexibility index (Phi) is 3.35. The average molecular weight is 204 g/mol. The Morgan fingerprint density at radius 1 is 1.40 bits per heavy atom. The smallest absolute Gasteiger partial charge is 0.208 e. The maximum Gasteiger partial charge on any atom is 0.208 e. The van der Waals surface area contributed by atoms with E-state index in [0.29, 0.717) is 0 Å². The minimum Gasteiger partial charge on any atom is -0.343 e. The second-order valence-electron chi connectivity index (χ2n) is 3.90. The molecule has 1 aliphatic heterocycles. The quantitative estimate of drug-likeness (QED) is 0.751. The molecule has 1 aliphatic rings. The number of rotatable bonds is 4. The molecule has 1 fully saturated rings. The van der Waals surface area contributed by atoms with Crippen LogP contribution in [0.25, 0.3) is 0 Å².